The van der Waals surface area contributed by atoms with Crippen molar-refractivity contribution in [3.8, 4) is 16.3 Å². The lowest BCUT2D eigenvalue weighted by Crippen LogP contribution is -2.35. The van der Waals surface area contributed by atoms with Gasteiger partial charge in [-0.15, -0.1) is 11.3 Å². The zero-order valence-corrected chi connectivity index (χ0v) is 16.7. The van der Waals surface area contributed by atoms with Gasteiger partial charge in [-0.2, -0.15) is 0 Å². The van der Waals surface area contributed by atoms with E-state index >= 15 is 0 Å². The lowest BCUT2D eigenvalue weighted by Gasteiger charge is -2.27. The summed E-state index contributed by atoms with van der Waals surface area (Å²) < 4.78 is 5.62. The standard InChI is InChI=1S/C20H17ClN4O3S/c21-14-3-1-2-13-15(8-9-28-17(13)14)23-20(27)25-16-10-29-19(24-16)12-6-4-11(5-7-12)18(22)26/h1-7,10,15H,8-9H2,(H2,22,26)(H2,23,25,27)/t15-/m0/s1. The van der Waals surface area contributed by atoms with E-state index in [0.717, 1.165) is 16.1 Å². The summed E-state index contributed by atoms with van der Waals surface area (Å²) in [5.74, 6) is 0.576. The number of nitrogens with two attached hydrogens (primary N) is 1. The van der Waals surface area contributed by atoms with Crippen molar-refractivity contribution in [3.05, 3.63) is 64.0 Å². The van der Waals surface area contributed by atoms with Gasteiger partial charge < -0.3 is 15.8 Å². The van der Waals surface area contributed by atoms with Gasteiger partial charge in [0.1, 0.15) is 16.6 Å². The van der Waals surface area contributed by atoms with Crippen molar-refractivity contribution in [1.82, 2.24) is 10.3 Å². The monoisotopic (exact) mass is 428 g/mol. The molecule has 0 unspecified atom stereocenters. The number of para-hydroxylation sites is 1. The van der Waals surface area contributed by atoms with E-state index in [9.17, 15) is 9.59 Å². The second kappa shape index (κ2) is 8.10. The molecule has 148 valence electrons. The average Bonchev–Trinajstić information content (AvgIpc) is 3.17. The van der Waals surface area contributed by atoms with Gasteiger partial charge in [0, 0.05) is 28.5 Å². The van der Waals surface area contributed by atoms with Crippen LogP contribution in [0.4, 0.5) is 10.6 Å². The van der Waals surface area contributed by atoms with Crippen LogP contribution in [0.15, 0.2) is 47.8 Å². The number of aromatic nitrogens is 1. The number of halogens is 1. The molecule has 29 heavy (non-hydrogen) atoms. The minimum Gasteiger partial charge on any atom is -0.492 e. The highest BCUT2D eigenvalue weighted by Crippen LogP contribution is 2.37. The van der Waals surface area contributed by atoms with Crippen molar-refractivity contribution in [3.63, 3.8) is 0 Å². The molecule has 1 atom stereocenters. The average molecular weight is 429 g/mol. The number of carbonyl (C=O) groups excluding carboxylic acids is 2. The van der Waals surface area contributed by atoms with E-state index in [1.807, 2.05) is 12.1 Å². The van der Waals surface area contributed by atoms with Gasteiger partial charge in [0.15, 0.2) is 0 Å². The first-order chi connectivity index (χ1) is 14.0. The number of anilines is 1. The molecule has 0 spiro atoms. The van der Waals surface area contributed by atoms with Gasteiger partial charge in [-0.1, -0.05) is 35.9 Å². The van der Waals surface area contributed by atoms with Gasteiger partial charge in [0.2, 0.25) is 5.91 Å². The normalized spacial score (nSPS) is 15.1. The number of primary amides is 1. The minimum absolute atomic E-state index is 0.197. The Kier molecular flexibility index (Phi) is 5.37. The lowest BCUT2D eigenvalue weighted by molar-refractivity contribution is 0.100. The Bertz CT molecular complexity index is 1070. The van der Waals surface area contributed by atoms with Crippen molar-refractivity contribution in [2.75, 3.05) is 11.9 Å². The maximum Gasteiger partial charge on any atom is 0.320 e. The molecule has 0 fully saturated rings. The first kappa shape index (κ1) is 19.2. The van der Waals surface area contributed by atoms with E-state index in [0.29, 0.717) is 35.2 Å². The number of nitrogens with zero attached hydrogens (tertiary/aromatic N) is 1. The summed E-state index contributed by atoms with van der Waals surface area (Å²) in [6, 6.07) is 11.8. The fraction of sp³-hybridized carbons (Fsp3) is 0.150. The number of urea groups is 1. The van der Waals surface area contributed by atoms with Crippen molar-refractivity contribution in [1.29, 1.82) is 0 Å². The molecule has 2 aromatic carbocycles. The Morgan fingerprint density at radius 2 is 2.00 bits per heavy atom. The second-order valence-corrected chi connectivity index (χ2v) is 7.69. The van der Waals surface area contributed by atoms with Crippen LogP contribution < -0.4 is 21.1 Å². The Labute approximate surface area is 175 Å². The molecule has 0 aliphatic carbocycles. The Balaban J connectivity index is 1.43. The molecule has 4 N–H and O–H groups in total. The van der Waals surface area contributed by atoms with Crippen molar-refractivity contribution < 1.29 is 14.3 Å². The number of ether oxygens (including phenoxy) is 1. The number of amides is 3. The van der Waals surface area contributed by atoms with Gasteiger partial charge in [-0.05, 0) is 18.2 Å². The number of fused-ring (bicyclic) bond motifs is 1. The van der Waals surface area contributed by atoms with Crippen LogP contribution in [0.1, 0.15) is 28.4 Å². The van der Waals surface area contributed by atoms with E-state index in [2.05, 4.69) is 15.6 Å². The Hall–Kier alpha value is -3.10. The smallest absolute Gasteiger partial charge is 0.320 e. The fourth-order valence-corrected chi connectivity index (χ4v) is 4.08. The minimum atomic E-state index is -0.481. The molecule has 7 nitrogen and oxygen atoms in total. The fourth-order valence-electron chi connectivity index (χ4n) is 3.09. The number of carbonyl (C=O) groups is 2. The molecule has 0 radical (unpaired) electrons. The number of hydrogen-bond acceptors (Lipinski definition) is 5. The molecule has 0 bridgehead atoms. The van der Waals surface area contributed by atoms with Crippen LogP contribution in [0, 0.1) is 0 Å². The topological polar surface area (TPSA) is 106 Å². The highest BCUT2D eigenvalue weighted by molar-refractivity contribution is 7.13. The van der Waals surface area contributed by atoms with E-state index in [-0.39, 0.29) is 12.1 Å². The summed E-state index contributed by atoms with van der Waals surface area (Å²) in [6.07, 6.45) is 0.648. The van der Waals surface area contributed by atoms with Gasteiger partial charge >= 0.3 is 6.03 Å². The van der Waals surface area contributed by atoms with Crippen molar-refractivity contribution in [2.45, 2.75) is 12.5 Å². The summed E-state index contributed by atoms with van der Waals surface area (Å²) in [4.78, 5) is 28.1. The van der Waals surface area contributed by atoms with Gasteiger partial charge in [-0.25, -0.2) is 9.78 Å². The van der Waals surface area contributed by atoms with E-state index in [1.54, 1.807) is 35.7 Å². The third-order valence-corrected chi connectivity index (χ3v) is 5.68. The number of hydrogen-bond donors (Lipinski definition) is 3. The SMILES string of the molecule is NC(=O)c1ccc(-c2nc(NC(=O)N[C@H]3CCOc4c(Cl)cccc43)cs2)cc1. The van der Waals surface area contributed by atoms with Crippen molar-refractivity contribution in [2.24, 2.45) is 5.73 Å². The van der Waals surface area contributed by atoms with Crippen LogP contribution in [-0.2, 0) is 0 Å². The molecule has 1 aromatic heterocycles. The van der Waals surface area contributed by atoms with Crippen LogP contribution in [0.5, 0.6) is 5.75 Å². The first-order valence-corrected chi connectivity index (χ1v) is 10.1. The molecular formula is C20H17ClN4O3S. The molecule has 1 aliphatic heterocycles. The first-order valence-electron chi connectivity index (χ1n) is 8.86. The Morgan fingerprint density at radius 1 is 1.21 bits per heavy atom. The van der Waals surface area contributed by atoms with E-state index < -0.39 is 5.91 Å². The zero-order chi connectivity index (χ0) is 20.4. The summed E-state index contributed by atoms with van der Waals surface area (Å²) >= 11 is 7.56. The molecule has 2 heterocycles. The summed E-state index contributed by atoms with van der Waals surface area (Å²) in [7, 11) is 0. The van der Waals surface area contributed by atoms with Gasteiger partial charge in [0.25, 0.3) is 0 Å². The van der Waals surface area contributed by atoms with Crippen molar-refractivity contribution >= 4 is 40.7 Å². The molecule has 4 rings (SSSR count). The van der Waals surface area contributed by atoms with Crippen LogP contribution in [0.3, 0.4) is 0 Å². The molecular weight excluding hydrogens is 412 g/mol. The third-order valence-electron chi connectivity index (χ3n) is 4.49. The predicted molar refractivity (Wildman–Crippen MR) is 113 cm³/mol. The maximum absolute atomic E-state index is 12.5. The van der Waals surface area contributed by atoms with E-state index in [4.69, 9.17) is 22.1 Å². The highest BCUT2D eigenvalue weighted by atomic mass is 35.5. The van der Waals surface area contributed by atoms with Crippen LogP contribution in [0.25, 0.3) is 10.6 Å². The summed E-state index contributed by atoms with van der Waals surface area (Å²) in [5, 5.41) is 8.71. The second-order valence-electron chi connectivity index (χ2n) is 6.43. The highest BCUT2D eigenvalue weighted by Gasteiger charge is 2.25. The van der Waals surface area contributed by atoms with Crippen LogP contribution >= 0.6 is 22.9 Å². The number of rotatable bonds is 4. The lowest BCUT2D eigenvalue weighted by atomic mass is 10.0. The third kappa shape index (κ3) is 4.18. The van der Waals surface area contributed by atoms with Crippen LogP contribution in [0.2, 0.25) is 5.02 Å². The molecule has 1 aliphatic rings. The largest absolute Gasteiger partial charge is 0.492 e. The van der Waals surface area contributed by atoms with E-state index in [1.165, 1.54) is 11.3 Å². The number of nitrogens with one attached hydrogen (secondary N) is 2. The van der Waals surface area contributed by atoms with Gasteiger partial charge in [-0.3, -0.25) is 10.1 Å². The summed E-state index contributed by atoms with van der Waals surface area (Å²) in [5.41, 5.74) is 7.37. The molecule has 3 amide bonds. The zero-order valence-electron chi connectivity index (χ0n) is 15.1. The predicted octanol–water partition coefficient (Wildman–Crippen LogP) is 4.21. The number of thiazole rings is 1. The Morgan fingerprint density at radius 3 is 2.76 bits per heavy atom. The molecule has 0 saturated carbocycles. The summed E-state index contributed by atoms with van der Waals surface area (Å²) in [6.45, 7) is 0.476. The molecule has 9 heteroatoms. The maximum atomic E-state index is 12.5. The van der Waals surface area contributed by atoms with Gasteiger partial charge in [0.05, 0.1) is 17.7 Å². The van der Waals surface area contributed by atoms with Crippen LogP contribution in [-0.4, -0.2) is 23.5 Å². The molecule has 3 aromatic rings. The quantitative estimate of drug-likeness (QED) is 0.578. The number of benzene rings is 2. The molecule has 0 saturated heterocycles.